The zero-order valence-electron chi connectivity index (χ0n) is 11.3. The predicted octanol–water partition coefficient (Wildman–Crippen LogP) is -0.155. The second-order valence-corrected chi connectivity index (χ2v) is 4.66. The van der Waals surface area contributed by atoms with Crippen molar-refractivity contribution in [2.45, 2.75) is 19.8 Å². The lowest BCUT2D eigenvalue weighted by Gasteiger charge is -2.34. The van der Waals surface area contributed by atoms with Crippen molar-refractivity contribution in [3.05, 3.63) is 0 Å². The zero-order valence-corrected chi connectivity index (χ0v) is 11.3. The van der Waals surface area contributed by atoms with Gasteiger partial charge in [-0.15, -0.1) is 0 Å². The molecule has 0 bridgehead atoms. The minimum absolute atomic E-state index is 0.00817. The summed E-state index contributed by atoms with van der Waals surface area (Å²) >= 11 is 0. The summed E-state index contributed by atoms with van der Waals surface area (Å²) in [6.07, 6.45) is 1.72. The largest absolute Gasteiger partial charge is 0.355 e. The molecule has 1 atom stereocenters. The lowest BCUT2D eigenvalue weighted by molar-refractivity contribution is -0.126. The zero-order chi connectivity index (χ0) is 13.5. The monoisotopic (exact) mass is 256 g/mol. The van der Waals surface area contributed by atoms with E-state index in [0.717, 1.165) is 19.4 Å². The summed E-state index contributed by atoms with van der Waals surface area (Å²) in [6.45, 7) is 4.81. The molecule has 1 saturated heterocycles. The minimum Gasteiger partial charge on any atom is -0.355 e. The highest BCUT2D eigenvalue weighted by Gasteiger charge is 2.29. The first-order valence-electron chi connectivity index (χ1n) is 6.58. The molecule has 6 nitrogen and oxygen atoms in total. The third-order valence-corrected chi connectivity index (χ3v) is 3.31. The highest BCUT2D eigenvalue weighted by atomic mass is 16.2. The topological polar surface area (TPSA) is 78.7 Å². The standard InChI is InChI=1S/C12H24N4O2/c1-3-15(2)12(18)16-8-4-5-10(9-16)11(17)14-7-6-13/h10H,3-9,13H2,1-2H3,(H,14,17). The number of hydrogen-bond donors (Lipinski definition) is 2. The van der Waals surface area contributed by atoms with Crippen LogP contribution < -0.4 is 11.1 Å². The van der Waals surface area contributed by atoms with Gasteiger partial charge in [0.1, 0.15) is 0 Å². The van der Waals surface area contributed by atoms with Gasteiger partial charge >= 0.3 is 6.03 Å². The molecule has 0 spiro atoms. The Hall–Kier alpha value is -1.30. The molecule has 1 heterocycles. The van der Waals surface area contributed by atoms with E-state index in [1.165, 1.54) is 0 Å². The molecule has 0 aromatic carbocycles. The maximum Gasteiger partial charge on any atom is 0.319 e. The Kier molecular flexibility index (Phi) is 5.91. The van der Waals surface area contributed by atoms with Crippen LogP contribution in [0.25, 0.3) is 0 Å². The Bertz CT molecular complexity index is 296. The van der Waals surface area contributed by atoms with Crippen LogP contribution in [0.4, 0.5) is 4.79 Å². The van der Waals surface area contributed by atoms with Gasteiger partial charge in [-0.2, -0.15) is 0 Å². The van der Waals surface area contributed by atoms with Crippen LogP contribution in [0.3, 0.4) is 0 Å². The Labute approximate surface area is 108 Å². The average Bonchev–Trinajstić information content (AvgIpc) is 2.43. The van der Waals surface area contributed by atoms with E-state index in [0.29, 0.717) is 26.2 Å². The molecule has 0 radical (unpaired) electrons. The highest BCUT2D eigenvalue weighted by molar-refractivity contribution is 5.80. The van der Waals surface area contributed by atoms with E-state index in [9.17, 15) is 9.59 Å². The molecule has 1 aliphatic rings. The van der Waals surface area contributed by atoms with Crippen LogP contribution in [-0.2, 0) is 4.79 Å². The first-order chi connectivity index (χ1) is 8.60. The number of likely N-dealkylation sites (tertiary alicyclic amines) is 1. The van der Waals surface area contributed by atoms with Gasteiger partial charge in [0.05, 0.1) is 5.92 Å². The fourth-order valence-corrected chi connectivity index (χ4v) is 2.08. The maximum absolute atomic E-state index is 12.0. The SMILES string of the molecule is CCN(C)C(=O)N1CCCC(C(=O)NCCN)C1. The molecule has 0 aliphatic carbocycles. The van der Waals surface area contributed by atoms with Gasteiger partial charge < -0.3 is 20.9 Å². The number of nitrogens with zero attached hydrogens (tertiary/aromatic N) is 2. The van der Waals surface area contributed by atoms with Gasteiger partial charge in [0.2, 0.25) is 5.91 Å². The summed E-state index contributed by atoms with van der Waals surface area (Å²) in [7, 11) is 1.78. The van der Waals surface area contributed by atoms with E-state index in [1.807, 2.05) is 6.92 Å². The smallest absolute Gasteiger partial charge is 0.319 e. The van der Waals surface area contributed by atoms with Crippen LogP contribution in [0.1, 0.15) is 19.8 Å². The number of piperidine rings is 1. The van der Waals surface area contributed by atoms with Gasteiger partial charge in [-0.05, 0) is 19.8 Å². The van der Waals surface area contributed by atoms with Crippen molar-refractivity contribution in [3.8, 4) is 0 Å². The minimum atomic E-state index is -0.0977. The third-order valence-electron chi connectivity index (χ3n) is 3.31. The highest BCUT2D eigenvalue weighted by Crippen LogP contribution is 2.17. The van der Waals surface area contributed by atoms with Gasteiger partial charge in [0, 0.05) is 39.8 Å². The molecule has 1 rings (SSSR count). The Morgan fingerprint density at radius 1 is 1.50 bits per heavy atom. The predicted molar refractivity (Wildman–Crippen MR) is 70.1 cm³/mol. The van der Waals surface area contributed by atoms with E-state index >= 15 is 0 Å². The van der Waals surface area contributed by atoms with Gasteiger partial charge in [-0.3, -0.25) is 4.79 Å². The van der Waals surface area contributed by atoms with Crippen LogP contribution in [0, 0.1) is 5.92 Å². The van der Waals surface area contributed by atoms with E-state index in [-0.39, 0.29) is 17.9 Å². The number of rotatable bonds is 4. The van der Waals surface area contributed by atoms with Crippen LogP contribution in [0.15, 0.2) is 0 Å². The molecule has 3 N–H and O–H groups in total. The van der Waals surface area contributed by atoms with Gasteiger partial charge in [0.15, 0.2) is 0 Å². The van der Waals surface area contributed by atoms with Crippen LogP contribution in [-0.4, -0.2) is 61.5 Å². The number of carbonyl (C=O) groups is 2. The second kappa shape index (κ2) is 7.20. The summed E-state index contributed by atoms with van der Waals surface area (Å²) in [5.41, 5.74) is 5.35. The first kappa shape index (κ1) is 14.8. The molecule has 0 saturated carbocycles. The fraction of sp³-hybridized carbons (Fsp3) is 0.833. The number of urea groups is 1. The van der Waals surface area contributed by atoms with Crippen molar-refractivity contribution in [1.82, 2.24) is 15.1 Å². The van der Waals surface area contributed by atoms with Crippen LogP contribution in [0.5, 0.6) is 0 Å². The van der Waals surface area contributed by atoms with E-state index in [4.69, 9.17) is 5.73 Å². The van der Waals surface area contributed by atoms with Crippen LogP contribution >= 0.6 is 0 Å². The quantitative estimate of drug-likeness (QED) is 0.734. The normalized spacial score (nSPS) is 19.5. The van der Waals surface area contributed by atoms with Crippen molar-refractivity contribution in [1.29, 1.82) is 0 Å². The summed E-state index contributed by atoms with van der Waals surface area (Å²) in [5, 5.41) is 2.79. The molecule has 0 aromatic heterocycles. The lowest BCUT2D eigenvalue weighted by atomic mass is 9.97. The lowest BCUT2D eigenvalue weighted by Crippen LogP contribution is -2.49. The molecule has 18 heavy (non-hydrogen) atoms. The number of amides is 3. The van der Waals surface area contributed by atoms with Crippen LogP contribution in [0.2, 0.25) is 0 Å². The van der Waals surface area contributed by atoms with E-state index in [2.05, 4.69) is 5.32 Å². The molecule has 1 aliphatic heterocycles. The molecule has 0 aromatic rings. The number of hydrogen-bond acceptors (Lipinski definition) is 3. The van der Waals surface area contributed by atoms with Crippen molar-refractivity contribution in [3.63, 3.8) is 0 Å². The molecule has 104 valence electrons. The average molecular weight is 256 g/mol. The van der Waals surface area contributed by atoms with Gasteiger partial charge in [-0.25, -0.2) is 4.79 Å². The van der Waals surface area contributed by atoms with Gasteiger partial charge in [0.25, 0.3) is 0 Å². The summed E-state index contributed by atoms with van der Waals surface area (Å²) in [4.78, 5) is 27.3. The number of nitrogens with one attached hydrogen (secondary N) is 1. The summed E-state index contributed by atoms with van der Waals surface area (Å²) in [5.74, 6) is -0.0865. The molecule has 6 heteroatoms. The number of carbonyl (C=O) groups excluding carboxylic acids is 2. The van der Waals surface area contributed by atoms with E-state index in [1.54, 1.807) is 16.8 Å². The molecule has 1 unspecified atom stereocenters. The third kappa shape index (κ3) is 3.87. The number of nitrogens with two attached hydrogens (primary N) is 1. The molecule has 1 fully saturated rings. The van der Waals surface area contributed by atoms with Crippen molar-refractivity contribution in [2.75, 3.05) is 39.8 Å². The molecular weight excluding hydrogens is 232 g/mol. The second-order valence-electron chi connectivity index (χ2n) is 4.66. The van der Waals surface area contributed by atoms with Crippen molar-refractivity contribution in [2.24, 2.45) is 11.7 Å². The van der Waals surface area contributed by atoms with Crippen molar-refractivity contribution >= 4 is 11.9 Å². The Morgan fingerprint density at radius 2 is 2.22 bits per heavy atom. The Morgan fingerprint density at radius 3 is 2.83 bits per heavy atom. The Balaban J connectivity index is 2.50. The maximum atomic E-state index is 12.0. The summed E-state index contributed by atoms with van der Waals surface area (Å²) < 4.78 is 0. The molecule has 3 amide bonds. The van der Waals surface area contributed by atoms with Gasteiger partial charge in [-0.1, -0.05) is 0 Å². The first-order valence-corrected chi connectivity index (χ1v) is 6.58. The van der Waals surface area contributed by atoms with Crippen molar-refractivity contribution < 1.29 is 9.59 Å². The summed E-state index contributed by atoms with van der Waals surface area (Å²) in [6, 6.07) is 0.00817. The fourth-order valence-electron chi connectivity index (χ4n) is 2.08. The molecular formula is C12H24N4O2. The van der Waals surface area contributed by atoms with E-state index < -0.39 is 0 Å².